The Labute approximate surface area is 238 Å². The molecule has 0 spiro atoms. The molecular weight excluding hydrogens is 559 g/mol. The van der Waals surface area contributed by atoms with Crippen LogP contribution in [0.2, 0.25) is 0 Å². The number of hydrogen-bond acceptors (Lipinski definition) is 6. The number of carboxylic acids is 1. The zero-order valence-corrected chi connectivity index (χ0v) is 23.5. The highest BCUT2D eigenvalue weighted by Crippen LogP contribution is 2.32. The minimum absolute atomic E-state index is 0.265. The highest BCUT2D eigenvalue weighted by Gasteiger charge is 2.38. The molecule has 1 fully saturated rings. The van der Waals surface area contributed by atoms with Crippen molar-refractivity contribution in [2.24, 2.45) is 0 Å². The van der Waals surface area contributed by atoms with Crippen LogP contribution < -0.4 is 14.8 Å². The summed E-state index contributed by atoms with van der Waals surface area (Å²) in [7, 11) is -1.96. The van der Waals surface area contributed by atoms with Crippen molar-refractivity contribution >= 4 is 16.0 Å². The van der Waals surface area contributed by atoms with E-state index in [1.54, 1.807) is 25.3 Å². The number of ether oxygens (including phenoxy) is 1. The van der Waals surface area contributed by atoms with Crippen LogP contribution in [0.3, 0.4) is 0 Å². The van der Waals surface area contributed by atoms with Gasteiger partial charge in [-0.1, -0.05) is 48.5 Å². The predicted molar refractivity (Wildman–Crippen MR) is 150 cm³/mol. The number of nitrogens with one attached hydrogen (secondary N) is 2. The fraction of sp³-hybridized carbons (Fsp3) is 0.345. The third kappa shape index (κ3) is 10.2. The van der Waals surface area contributed by atoms with E-state index < -0.39 is 22.2 Å². The van der Waals surface area contributed by atoms with Crippen molar-refractivity contribution in [2.45, 2.75) is 37.0 Å². The molecule has 0 bridgehead atoms. The molecule has 1 aliphatic heterocycles. The lowest BCUT2D eigenvalue weighted by atomic mass is 10.0. The van der Waals surface area contributed by atoms with Crippen LogP contribution >= 0.6 is 0 Å². The number of nitrogens with zero attached hydrogens (tertiary/aromatic N) is 1. The largest absolute Gasteiger partial charge is 0.496 e. The van der Waals surface area contributed by atoms with Crippen molar-refractivity contribution < 1.29 is 36.2 Å². The summed E-state index contributed by atoms with van der Waals surface area (Å²) in [5, 5.41) is 10.6. The van der Waals surface area contributed by atoms with Gasteiger partial charge in [0.1, 0.15) is 5.75 Å². The summed E-state index contributed by atoms with van der Waals surface area (Å²) in [5.74, 6) is -2.05. The van der Waals surface area contributed by atoms with Crippen LogP contribution in [-0.2, 0) is 27.9 Å². The molecule has 0 aliphatic carbocycles. The molecule has 0 unspecified atom stereocenters. The molecule has 0 atom stereocenters. The van der Waals surface area contributed by atoms with Crippen LogP contribution in [-0.4, -0.2) is 63.9 Å². The summed E-state index contributed by atoms with van der Waals surface area (Å²) >= 11 is 0. The number of benzene rings is 3. The molecule has 0 amide bonds. The predicted octanol–water partition coefficient (Wildman–Crippen LogP) is 4.66. The minimum atomic E-state index is -5.08. The molecule has 1 heterocycles. The van der Waals surface area contributed by atoms with Crippen molar-refractivity contribution in [2.75, 3.05) is 33.3 Å². The monoisotopic (exact) mass is 593 g/mol. The van der Waals surface area contributed by atoms with Crippen LogP contribution in [0.1, 0.15) is 24.0 Å². The number of rotatable bonds is 11. The van der Waals surface area contributed by atoms with Gasteiger partial charge in [-0.05, 0) is 66.9 Å². The Morgan fingerprint density at radius 3 is 2.24 bits per heavy atom. The topological polar surface area (TPSA) is 108 Å². The zero-order chi connectivity index (χ0) is 29.9. The van der Waals surface area contributed by atoms with E-state index in [9.17, 15) is 21.6 Å². The molecule has 12 heteroatoms. The van der Waals surface area contributed by atoms with Crippen molar-refractivity contribution in [3.05, 3.63) is 83.9 Å². The molecular formula is C29H34F3N3O5S. The highest BCUT2D eigenvalue weighted by atomic mass is 32.2. The maximum absolute atomic E-state index is 12.9. The van der Waals surface area contributed by atoms with Gasteiger partial charge in [0.2, 0.25) is 10.0 Å². The van der Waals surface area contributed by atoms with Crippen molar-refractivity contribution in [3.63, 3.8) is 0 Å². The van der Waals surface area contributed by atoms with Gasteiger partial charge >= 0.3 is 12.1 Å². The minimum Gasteiger partial charge on any atom is -0.496 e. The Kier molecular flexibility index (Phi) is 11.7. The number of likely N-dealkylation sites (tertiary alicyclic amines) is 1. The Balaban J connectivity index is 0.000000587. The fourth-order valence-corrected chi connectivity index (χ4v) is 5.36. The number of carboxylic acid groups (broad SMARTS) is 1. The summed E-state index contributed by atoms with van der Waals surface area (Å²) in [6.45, 7) is 4.73. The van der Waals surface area contributed by atoms with Gasteiger partial charge < -0.3 is 20.1 Å². The Hall–Kier alpha value is -3.45. The first-order chi connectivity index (χ1) is 19.5. The summed E-state index contributed by atoms with van der Waals surface area (Å²) in [6, 6.07) is 23.3. The number of methoxy groups -OCH3 is 1. The van der Waals surface area contributed by atoms with Gasteiger partial charge in [0, 0.05) is 31.7 Å². The van der Waals surface area contributed by atoms with Crippen LogP contribution in [0.4, 0.5) is 13.2 Å². The number of alkyl halides is 3. The second kappa shape index (κ2) is 15.0. The standard InChI is InChI=1S/C27H33N3O3S.C2HF3O2/c1-33-27-13-12-23(21-28-20-22-8-3-2-4-9-22)18-26(27)24-10-7-11-25(19-24)34(31,32)29-14-17-30-15-5-6-16-30;3-2(4,5)1(6)7/h2-4,7-13,18-19,28-29H,5-6,14-17,20-21H2,1H3;(H,6,7). The van der Waals surface area contributed by atoms with Crippen molar-refractivity contribution in [1.82, 2.24) is 14.9 Å². The van der Waals surface area contributed by atoms with Crippen LogP contribution in [0.15, 0.2) is 77.7 Å². The number of hydrogen-bond donors (Lipinski definition) is 3. The average Bonchev–Trinajstić information content (AvgIpc) is 3.47. The molecule has 1 saturated heterocycles. The molecule has 4 rings (SSSR count). The highest BCUT2D eigenvalue weighted by molar-refractivity contribution is 7.89. The van der Waals surface area contributed by atoms with Gasteiger partial charge in [0.05, 0.1) is 12.0 Å². The van der Waals surface area contributed by atoms with Gasteiger partial charge in [0.15, 0.2) is 0 Å². The quantitative estimate of drug-likeness (QED) is 0.297. The molecule has 0 radical (unpaired) electrons. The molecule has 0 aromatic heterocycles. The summed E-state index contributed by atoms with van der Waals surface area (Å²) in [4.78, 5) is 11.5. The zero-order valence-electron chi connectivity index (χ0n) is 22.7. The second-order valence-electron chi connectivity index (χ2n) is 9.40. The lowest BCUT2D eigenvalue weighted by Crippen LogP contribution is -2.33. The Morgan fingerprint density at radius 1 is 0.951 bits per heavy atom. The van der Waals surface area contributed by atoms with E-state index in [1.165, 1.54) is 18.4 Å². The molecule has 1 aliphatic rings. The molecule has 3 aromatic carbocycles. The van der Waals surface area contributed by atoms with E-state index in [-0.39, 0.29) is 4.90 Å². The lowest BCUT2D eigenvalue weighted by Gasteiger charge is -2.15. The van der Waals surface area contributed by atoms with Crippen LogP contribution in [0.25, 0.3) is 11.1 Å². The van der Waals surface area contributed by atoms with Crippen molar-refractivity contribution in [1.29, 1.82) is 0 Å². The molecule has 3 N–H and O–H groups in total. The van der Waals surface area contributed by atoms with E-state index in [4.69, 9.17) is 14.6 Å². The molecule has 0 saturated carbocycles. The van der Waals surface area contributed by atoms with Gasteiger partial charge in [-0.15, -0.1) is 0 Å². The van der Waals surface area contributed by atoms with E-state index in [1.807, 2.05) is 36.4 Å². The first-order valence-corrected chi connectivity index (χ1v) is 14.5. The van der Waals surface area contributed by atoms with Gasteiger partial charge in [0.25, 0.3) is 0 Å². The summed E-state index contributed by atoms with van der Waals surface area (Å²) in [5.41, 5.74) is 4.01. The molecule has 8 nitrogen and oxygen atoms in total. The molecule has 222 valence electrons. The normalized spacial score (nSPS) is 13.9. The number of halogens is 3. The second-order valence-corrected chi connectivity index (χ2v) is 11.2. The summed E-state index contributed by atoms with van der Waals surface area (Å²) < 4.78 is 65.9. The first-order valence-electron chi connectivity index (χ1n) is 13.0. The SMILES string of the molecule is COc1ccc(CNCc2ccccc2)cc1-c1cccc(S(=O)(=O)NCCN2CCCC2)c1.O=C(O)C(F)(F)F. The third-order valence-corrected chi connectivity index (χ3v) is 7.84. The van der Waals surface area contributed by atoms with Gasteiger partial charge in [-0.2, -0.15) is 13.2 Å². The number of sulfonamides is 1. The molecule has 3 aromatic rings. The van der Waals surface area contributed by atoms with E-state index in [0.29, 0.717) is 18.8 Å². The first kappa shape index (κ1) is 32.1. The fourth-order valence-electron chi connectivity index (χ4n) is 4.30. The average molecular weight is 594 g/mol. The number of aliphatic carboxylic acids is 1. The van der Waals surface area contributed by atoms with E-state index in [0.717, 1.165) is 42.9 Å². The smallest absolute Gasteiger partial charge is 0.490 e. The maximum atomic E-state index is 12.9. The van der Waals surface area contributed by atoms with Gasteiger partial charge in [-0.25, -0.2) is 17.9 Å². The van der Waals surface area contributed by atoms with Crippen molar-refractivity contribution in [3.8, 4) is 16.9 Å². The Bertz CT molecular complexity index is 1380. The van der Waals surface area contributed by atoms with Gasteiger partial charge in [-0.3, -0.25) is 0 Å². The third-order valence-electron chi connectivity index (χ3n) is 6.38. The Morgan fingerprint density at radius 2 is 1.61 bits per heavy atom. The van der Waals surface area contributed by atoms with E-state index in [2.05, 4.69) is 33.1 Å². The lowest BCUT2D eigenvalue weighted by molar-refractivity contribution is -0.192. The van der Waals surface area contributed by atoms with E-state index >= 15 is 0 Å². The molecule has 41 heavy (non-hydrogen) atoms. The van der Waals surface area contributed by atoms with Crippen LogP contribution in [0.5, 0.6) is 5.75 Å². The summed E-state index contributed by atoms with van der Waals surface area (Å²) in [6.07, 6.45) is -2.70. The van der Waals surface area contributed by atoms with Crippen LogP contribution in [0, 0.1) is 0 Å². The maximum Gasteiger partial charge on any atom is 0.490 e. The number of carbonyl (C=O) groups is 1.